The van der Waals surface area contributed by atoms with E-state index in [0.29, 0.717) is 12.1 Å². The van der Waals surface area contributed by atoms with Crippen LogP contribution in [0.3, 0.4) is 0 Å². The van der Waals surface area contributed by atoms with Gasteiger partial charge in [-0.25, -0.2) is 0 Å². The predicted molar refractivity (Wildman–Crippen MR) is 63.5 cm³/mol. The maximum Gasteiger partial charge on any atom is 0.0637 e. The molecule has 3 heteroatoms. The van der Waals surface area contributed by atoms with Gasteiger partial charge < -0.3 is 10.1 Å². The number of ether oxygens (including phenoxy) is 1. The van der Waals surface area contributed by atoms with Crippen LogP contribution in [-0.2, 0) is 4.74 Å². The van der Waals surface area contributed by atoms with E-state index < -0.39 is 0 Å². The number of benzene rings is 1. The molecule has 1 aromatic rings. The maximum absolute atomic E-state index is 6.09. The Morgan fingerprint density at radius 1 is 1.40 bits per heavy atom. The quantitative estimate of drug-likeness (QED) is 0.834. The summed E-state index contributed by atoms with van der Waals surface area (Å²) >= 11 is 6.09. The van der Waals surface area contributed by atoms with E-state index in [-0.39, 0.29) is 0 Å². The fourth-order valence-corrected chi connectivity index (χ4v) is 2.12. The van der Waals surface area contributed by atoms with Gasteiger partial charge in [-0.3, -0.25) is 0 Å². The maximum atomic E-state index is 6.09. The molecule has 1 fully saturated rings. The summed E-state index contributed by atoms with van der Waals surface area (Å²) in [6.45, 7) is 2.95. The Kier molecular flexibility index (Phi) is 3.49. The van der Waals surface area contributed by atoms with Gasteiger partial charge in [0.1, 0.15) is 0 Å². The molecule has 0 aromatic heterocycles. The second-order valence-electron chi connectivity index (χ2n) is 4.03. The lowest BCUT2D eigenvalue weighted by Gasteiger charge is -2.29. The van der Waals surface area contributed by atoms with Crippen LogP contribution in [0.2, 0.25) is 5.02 Å². The molecule has 0 bridgehead atoms. The van der Waals surface area contributed by atoms with Gasteiger partial charge in [0, 0.05) is 12.6 Å². The van der Waals surface area contributed by atoms with E-state index in [1.165, 1.54) is 0 Å². The molecule has 0 aliphatic carbocycles. The highest BCUT2D eigenvalue weighted by Gasteiger charge is 2.19. The van der Waals surface area contributed by atoms with Gasteiger partial charge in [0.25, 0.3) is 0 Å². The lowest BCUT2D eigenvalue weighted by atomic mass is 10.0. The molecular weight excluding hydrogens is 210 g/mol. The van der Waals surface area contributed by atoms with Gasteiger partial charge in [0.15, 0.2) is 0 Å². The predicted octanol–water partition coefficient (Wildman–Crippen LogP) is 3.32. The molecule has 1 aromatic carbocycles. The molecule has 2 nitrogen and oxygen atoms in total. The third-order valence-electron chi connectivity index (χ3n) is 2.72. The Labute approximate surface area is 95.6 Å². The zero-order valence-corrected chi connectivity index (χ0v) is 9.63. The molecule has 0 saturated carbocycles. The lowest BCUT2D eigenvalue weighted by molar-refractivity contribution is 0.0232. The zero-order valence-electron chi connectivity index (χ0n) is 8.87. The van der Waals surface area contributed by atoms with Crippen molar-refractivity contribution >= 4 is 17.3 Å². The summed E-state index contributed by atoms with van der Waals surface area (Å²) in [5, 5.41) is 4.26. The summed E-state index contributed by atoms with van der Waals surface area (Å²) in [6, 6.07) is 8.35. The van der Waals surface area contributed by atoms with Crippen LogP contribution in [-0.4, -0.2) is 18.8 Å². The van der Waals surface area contributed by atoms with E-state index in [2.05, 4.69) is 12.2 Å². The van der Waals surface area contributed by atoms with Gasteiger partial charge in [-0.15, -0.1) is 0 Å². The number of hydrogen-bond acceptors (Lipinski definition) is 2. The van der Waals surface area contributed by atoms with Crippen molar-refractivity contribution in [2.75, 3.05) is 11.9 Å². The van der Waals surface area contributed by atoms with E-state index in [4.69, 9.17) is 16.3 Å². The number of nitrogens with one attached hydrogen (secondary N) is 1. The molecule has 0 radical (unpaired) electrons. The molecule has 0 spiro atoms. The standard InChI is InChI=1S/C12H16ClNO/c1-9-8-10(6-7-15-9)14-12-5-3-2-4-11(12)13/h2-5,9-10,14H,6-8H2,1H3. The van der Waals surface area contributed by atoms with Crippen molar-refractivity contribution in [3.8, 4) is 0 Å². The lowest BCUT2D eigenvalue weighted by Crippen LogP contribution is -2.32. The molecule has 1 aliphatic heterocycles. The van der Waals surface area contributed by atoms with E-state index in [1.807, 2.05) is 24.3 Å². The number of halogens is 1. The first-order valence-corrected chi connectivity index (χ1v) is 5.76. The van der Waals surface area contributed by atoms with Crippen molar-refractivity contribution in [2.45, 2.75) is 31.9 Å². The van der Waals surface area contributed by atoms with Crippen LogP contribution < -0.4 is 5.32 Å². The summed E-state index contributed by atoms with van der Waals surface area (Å²) in [7, 11) is 0. The second kappa shape index (κ2) is 4.86. The SMILES string of the molecule is CC1CC(Nc2ccccc2Cl)CCO1. The van der Waals surface area contributed by atoms with Crippen LogP contribution in [0, 0.1) is 0 Å². The Bertz CT molecular complexity index is 329. The molecular formula is C12H16ClNO. The number of rotatable bonds is 2. The summed E-state index contributed by atoms with van der Waals surface area (Å²) in [6.07, 6.45) is 2.44. The van der Waals surface area contributed by atoms with Crippen molar-refractivity contribution in [1.82, 2.24) is 0 Å². The minimum atomic E-state index is 0.346. The van der Waals surface area contributed by atoms with Crippen molar-refractivity contribution in [3.05, 3.63) is 29.3 Å². The third-order valence-corrected chi connectivity index (χ3v) is 3.05. The third kappa shape index (κ3) is 2.86. The Morgan fingerprint density at radius 3 is 2.93 bits per heavy atom. The summed E-state index contributed by atoms with van der Waals surface area (Å²) in [4.78, 5) is 0. The van der Waals surface area contributed by atoms with Gasteiger partial charge in [0.2, 0.25) is 0 Å². The first kappa shape index (κ1) is 10.8. The van der Waals surface area contributed by atoms with Gasteiger partial charge in [0.05, 0.1) is 16.8 Å². The van der Waals surface area contributed by atoms with Crippen LogP contribution in [0.1, 0.15) is 19.8 Å². The molecule has 2 rings (SSSR count). The molecule has 15 heavy (non-hydrogen) atoms. The van der Waals surface area contributed by atoms with Gasteiger partial charge >= 0.3 is 0 Å². The first-order valence-electron chi connectivity index (χ1n) is 5.38. The highest BCUT2D eigenvalue weighted by atomic mass is 35.5. The molecule has 82 valence electrons. The number of anilines is 1. The molecule has 1 N–H and O–H groups in total. The van der Waals surface area contributed by atoms with E-state index in [0.717, 1.165) is 30.2 Å². The zero-order chi connectivity index (χ0) is 10.7. The van der Waals surface area contributed by atoms with Crippen LogP contribution in [0.25, 0.3) is 0 Å². The van der Waals surface area contributed by atoms with E-state index in [1.54, 1.807) is 0 Å². The first-order chi connectivity index (χ1) is 7.25. The highest BCUT2D eigenvalue weighted by Crippen LogP contribution is 2.24. The minimum absolute atomic E-state index is 0.346. The molecule has 2 unspecified atom stereocenters. The minimum Gasteiger partial charge on any atom is -0.381 e. The number of hydrogen-bond donors (Lipinski definition) is 1. The van der Waals surface area contributed by atoms with Crippen molar-refractivity contribution in [2.24, 2.45) is 0 Å². The van der Waals surface area contributed by atoms with Crippen LogP contribution in [0.4, 0.5) is 5.69 Å². The fourth-order valence-electron chi connectivity index (χ4n) is 1.93. The number of para-hydroxylation sites is 1. The largest absolute Gasteiger partial charge is 0.381 e. The molecule has 1 saturated heterocycles. The summed E-state index contributed by atoms with van der Waals surface area (Å²) in [5.74, 6) is 0. The van der Waals surface area contributed by atoms with Crippen molar-refractivity contribution in [1.29, 1.82) is 0 Å². The monoisotopic (exact) mass is 225 g/mol. The second-order valence-corrected chi connectivity index (χ2v) is 4.43. The molecule has 2 atom stereocenters. The molecule has 1 heterocycles. The summed E-state index contributed by atoms with van der Waals surface area (Å²) in [5.41, 5.74) is 1.03. The van der Waals surface area contributed by atoms with E-state index >= 15 is 0 Å². The van der Waals surface area contributed by atoms with Gasteiger partial charge in [-0.2, -0.15) is 0 Å². The topological polar surface area (TPSA) is 21.3 Å². The normalized spacial score (nSPS) is 26.3. The smallest absolute Gasteiger partial charge is 0.0637 e. The fraction of sp³-hybridized carbons (Fsp3) is 0.500. The van der Waals surface area contributed by atoms with Crippen molar-refractivity contribution in [3.63, 3.8) is 0 Å². The molecule has 1 aliphatic rings. The Morgan fingerprint density at radius 2 is 2.20 bits per heavy atom. The Balaban J connectivity index is 1.99. The molecule has 0 amide bonds. The van der Waals surface area contributed by atoms with Crippen LogP contribution in [0.5, 0.6) is 0 Å². The highest BCUT2D eigenvalue weighted by molar-refractivity contribution is 6.33. The van der Waals surface area contributed by atoms with Crippen LogP contribution in [0.15, 0.2) is 24.3 Å². The van der Waals surface area contributed by atoms with E-state index in [9.17, 15) is 0 Å². The van der Waals surface area contributed by atoms with Crippen LogP contribution >= 0.6 is 11.6 Å². The average Bonchev–Trinajstić information content (AvgIpc) is 2.22. The van der Waals surface area contributed by atoms with Gasteiger partial charge in [-0.1, -0.05) is 23.7 Å². The van der Waals surface area contributed by atoms with Gasteiger partial charge in [-0.05, 0) is 31.9 Å². The van der Waals surface area contributed by atoms with Crippen molar-refractivity contribution < 1.29 is 4.74 Å². The Hall–Kier alpha value is -0.730. The average molecular weight is 226 g/mol. The summed E-state index contributed by atoms with van der Waals surface area (Å²) < 4.78 is 5.50.